The van der Waals surface area contributed by atoms with Gasteiger partial charge in [0.25, 0.3) is 0 Å². The molecule has 0 amide bonds. The maximum absolute atomic E-state index is 12.1. The van der Waals surface area contributed by atoms with Gasteiger partial charge in [-0.1, -0.05) is 26.7 Å². The van der Waals surface area contributed by atoms with Gasteiger partial charge in [0.05, 0.1) is 13.2 Å². The van der Waals surface area contributed by atoms with Crippen molar-refractivity contribution in [2.45, 2.75) is 77.1 Å². The summed E-state index contributed by atoms with van der Waals surface area (Å²) in [6, 6.07) is 0. The van der Waals surface area contributed by atoms with Crippen LogP contribution >= 0.6 is 0 Å². The van der Waals surface area contributed by atoms with E-state index in [1.807, 2.05) is 6.08 Å². The van der Waals surface area contributed by atoms with Crippen molar-refractivity contribution in [2.75, 3.05) is 7.11 Å². The predicted molar refractivity (Wildman–Crippen MR) is 98.0 cm³/mol. The molecule has 0 aromatic heterocycles. The number of carbonyl (C=O) groups is 2. The van der Waals surface area contributed by atoms with Crippen molar-refractivity contribution in [3.05, 3.63) is 11.6 Å². The standard InChI is InChI=1S/C19H30O4Si/c1-19(2,3)24(5,6)23-16-13-15(17(20)14-16)11-9-7-8-10-12-18(21)22-4/h13,16H,8,10-12,14H2,1-6H3/t16-/m0/s1. The minimum atomic E-state index is -1.87. The highest BCUT2D eigenvalue weighted by Crippen LogP contribution is 2.38. The topological polar surface area (TPSA) is 52.6 Å². The number of methoxy groups -OCH3 is 1. The Bertz CT molecular complexity index is 558. The van der Waals surface area contributed by atoms with Crippen LogP contribution in [0.5, 0.6) is 0 Å². The predicted octanol–water partition coefficient (Wildman–Crippen LogP) is 4.01. The van der Waals surface area contributed by atoms with Gasteiger partial charge in [-0.25, -0.2) is 0 Å². The minimum absolute atomic E-state index is 0.102. The lowest BCUT2D eigenvalue weighted by molar-refractivity contribution is -0.140. The Morgan fingerprint density at radius 3 is 2.58 bits per heavy atom. The summed E-state index contributed by atoms with van der Waals surface area (Å²) in [6.07, 6.45) is 4.46. The Morgan fingerprint density at radius 2 is 2.00 bits per heavy atom. The lowest BCUT2D eigenvalue weighted by Gasteiger charge is -2.37. The van der Waals surface area contributed by atoms with Crippen LogP contribution in [-0.2, 0) is 18.8 Å². The average Bonchev–Trinajstić information content (AvgIpc) is 2.80. The summed E-state index contributed by atoms with van der Waals surface area (Å²) in [5.41, 5.74) is 0.763. The second-order valence-corrected chi connectivity index (χ2v) is 12.5. The van der Waals surface area contributed by atoms with E-state index in [-0.39, 0.29) is 22.9 Å². The summed E-state index contributed by atoms with van der Waals surface area (Å²) >= 11 is 0. The molecule has 134 valence electrons. The Balaban J connectivity index is 2.50. The molecule has 0 aromatic carbocycles. The SMILES string of the molecule is COC(=O)CCCC#CCC1=C[C@H](O[Si](C)(C)C(C)(C)C)CC1=O. The van der Waals surface area contributed by atoms with E-state index in [0.717, 1.165) is 5.57 Å². The third kappa shape index (κ3) is 6.25. The molecule has 0 unspecified atom stereocenters. The van der Waals surface area contributed by atoms with Gasteiger partial charge in [-0.2, -0.15) is 0 Å². The van der Waals surface area contributed by atoms with Crippen LogP contribution in [0, 0.1) is 11.8 Å². The zero-order valence-electron chi connectivity index (χ0n) is 15.8. The zero-order valence-corrected chi connectivity index (χ0v) is 16.8. The Kier molecular flexibility index (Phi) is 7.44. The number of allylic oxidation sites excluding steroid dienone is 1. The molecule has 0 radical (unpaired) electrons. The van der Waals surface area contributed by atoms with Gasteiger partial charge < -0.3 is 9.16 Å². The van der Waals surface area contributed by atoms with Gasteiger partial charge in [-0.3, -0.25) is 9.59 Å². The monoisotopic (exact) mass is 350 g/mol. The van der Waals surface area contributed by atoms with Crippen molar-refractivity contribution in [3.8, 4) is 11.8 Å². The molecule has 4 nitrogen and oxygen atoms in total. The maximum Gasteiger partial charge on any atom is 0.305 e. The quantitative estimate of drug-likeness (QED) is 0.314. The van der Waals surface area contributed by atoms with Crippen molar-refractivity contribution < 1.29 is 18.8 Å². The number of ketones is 1. The molecule has 24 heavy (non-hydrogen) atoms. The molecule has 0 saturated carbocycles. The molecule has 0 saturated heterocycles. The fourth-order valence-electron chi connectivity index (χ4n) is 2.15. The molecule has 0 bridgehead atoms. The highest BCUT2D eigenvalue weighted by molar-refractivity contribution is 6.74. The number of carbonyl (C=O) groups excluding carboxylic acids is 2. The van der Waals surface area contributed by atoms with Gasteiger partial charge in [-0.05, 0) is 30.6 Å². The molecule has 0 aliphatic heterocycles. The second-order valence-electron chi connectivity index (χ2n) is 7.70. The summed E-state index contributed by atoms with van der Waals surface area (Å²) in [6.45, 7) is 11.0. The van der Waals surface area contributed by atoms with E-state index in [1.165, 1.54) is 7.11 Å². The molecular weight excluding hydrogens is 320 g/mol. The van der Waals surface area contributed by atoms with Gasteiger partial charge >= 0.3 is 5.97 Å². The third-order valence-electron chi connectivity index (χ3n) is 4.70. The molecule has 1 aliphatic carbocycles. The largest absolute Gasteiger partial charge is 0.469 e. The van der Waals surface area contributed by atoms with E-state index in [2.05, 4.69) is 50.4 Å². The van der Waals surface area contributed by atoms with E-state index >= 15 is 0 Å². The summed E-state index contributed by atoms with van der Waals surface area (Å²) in [4.78, 5) is 23.1. The first-order valence-electron chi connectivity index (χ1n) is 8.51. The number of Topliss-reactive ketones (excluding diaryl/α,β-unsaturated/α-hetero) is 1. The van der Waals surface area contributed by atoms with Crippen LogP contribution in [0.4, 0.5) is 0 Å². The molecule has 1 rings (SSSR count). The third-order valence-corrected chi connectivity index (χ3v) is 9.20. The fraction of sp³-hybridized carbons (Fsp3) is 0.684. The lowest BCUT2D eigenvalue weighted by atomic mass is 10.1. The van der Waals surface area contributed by atoms with Crippen molar-refractivity contribution >= 4 is 20.1 Å². The van der Waals surface area contributed by atoms with Gasteiger partial charge in [0.2, 0.25) is 0 Å². The van der Waals surface area contributed by atoms with Crippen LogP contribution in [0.1, 0.15) is 52.9 Å². The first kappa shape index (κ1) is 20.7. The Labute approximate surface area is 147 Å². The second kappa shape index (κ2) is 8.64. The molecule has 0 fully saturated rings. The van der Waals surface area contributed by atoms with E-state index in [4.69, 9.17) is 4.43 Å². The first-order chi connectivity index (χ1) is 11.1. The molecule has 0 aromatic rings. The average molecular weight is 351 g/mol. The summed E-state index contributed by atoms with van der Waals surface area (Å²) in [5, 5.41) is 0.131. The van der Waals surface area contributed by atoms with Crippen molar-refractivity contribution in [3.63, 3.8) is 0 Å². The number of ether oxygens (including phenoxy) is 1. The molecule has 1 aliphatic rings. The molecule has 0 spiro atoms. The normalized spacial score (nSPS) is 18.0. The van der Waals surface area contributed by atoms with E-state index in [1.54, 1.807) is 0 Å². The smallest absolute Gasteiger partial charge is 0.305 e. The highest BCUT2D eigenvalue weighted by Gasteiger charge is 2.40. The minimum Gasteiger partial charge on any atom is -0.469 e. The maximum atomic E-state index is 12.1. The van der Waals surface area contributed by atoms with Gasteiger partial charge in [0.15, 0.2) is 14.1 Å². The molecule has 1 atom stereocenters. The van der Waals surface area contributed by atoms with Crippen LogP contribution in [0.3, 0.4) is 0 Å². The van der Waals surface area contributed by atoms with Crippen LogP contribution in [0.2, 0.25) is 18.1 Å². The molecule has 0 N–H and O–H groups in total. The van der Waals surface area contributed by atoms with Gasteiger partial charge in [0.1, 0.15) is 0 Å². The molecule has 5 heteroatoms. The number of hydrogen-bond donors (Lipinski definition) is 0. The van der Waals surface area contributed by atoms with Crippen LogP contribution < -0.4 is 0 Å². The summed E-state index contributed by atoms with van der Waals surface area (Å²) in [5.74, 6) is 5.97. The van der Waals surface area contributed by atoms with Gasteiger partial charge in [-0.15, -0.1) is 5.92 Å². The van der Waals surface area contributed by atoms with Crippen molar-refractivity contribution in [2.24, 2.45) is 0 Å². The van der Waals surface area contributed by atoms with Crippen molar-refractivity contribution in [1.82, 2.24) is 0 Å². The number of esters is 1. The van der Waals surface area contributed by atoms with E-state index in [9.17, 15) is 9.59 Å². The molecule has 0 heterocycles. The first-order valence-corrected chi connectivity index (χ1v) is 11.4. The Morgan fingerprint density at radius 1 is 1.33 bits per heavy atom. The summed E-state index contributed by atoms with van der Waals surface area (Å²) < 4.78 is 10.9. The molecular formula is C19H30O4Si. The van der Waals surface area contributed by atoms with Crippen LogP contribution in [-0.4, -0.2) is 33.3 Å². The Hall–Kier alpha value is -1.38. The zero-order chi connectivity index (χ0) is 18.4. The van der Waals surface area contributed by atoms with E-state index in [0.29, 0.717) is 32.1 Å². The fourth-order valence-corrected chi connectivity index (χ4v) is 3.41. The van der Waals surface area contributed by atoms with Crippen molar-refractivity contribution in [1.29, 1.82) is 0 Å². The number of unbranched alkanes of at least 4 members (excludes halogenated alkanes) is 1. The van der Waals surface area contributed by atoms with Gasteiger partial charge in [0, 0.05) is 31.3 Å². The summed E-state index contributed by atoms with van der Waals surface area (Å²) in [7, 11) is -0.486. The van der Waals surface area contributed by atoms with Crippen LogP contribution in [0.15, 0.2) is 11.6 Å². The highest BCUT2D eigenvalue weighted by atomic mass is 28.4. The van der Waals surface area contributed by atoms with Crippen LogP contribution in [0.25, 0.3) is 0 Å². The lowest BCUT2D eigenvalue weighted by Crippen LogP contribution is -2.43. The number of hydrogen-bond acceptors (Lipinski definition) is 4. The number of rotatable bonds is 6. The van der Waals surface area contributed by atoms with E-state index < -0.39 is 8.32 Å².